The number of aliphatic hydroxyl groups is 1. The van der Waals surface area contributed by atoms with Gasteiger partial charge in [-0.05, 0) is 18.6 Å². The van der Waals surface area contributed by atoms with Crippen LogP contribution in [0.3, 0.4) is 0 Å². The Morgan fingerprint density at radius 3 is 2.54 bits per heavy atom. The Kier molecular flexibility index (Phi) is 3.17. The van der Waals surface area contributed by atoms with Crippen molar-refractivity contribution in [1.29, 1.82) is 0 Å². The van der Waals surface area contributed by atoms with Crippen LogP contribution in [-0.4, -0.2) is 27.9 Å². The summed E-state index contributed by atoms with van der Waals surface area (Å²) in [5.41, 5.74) is -1.10. The minimum absolute atomic E-state index is 0.0742. The quantitative estimate of drug-likeness (QED) is 0.762. The first-order valence-corrected chi connectivity index (χ1v) is 5.29. The van der Waals surface area contributed by atoms with Gasteiger partial charge in [-0.15, -0.1) is 0 Å². The van der Waals surface area contributed by atoms with E-state index in [2.05, 4.69) is 0 Å². The Bertz CT molecular complexity index is 183. The van der Waals surface area contributed by atoms with Gasteiger partial charge >= 0.3 is 6.18 Å². The normalized spacial score (nSPS) is 35.3. The third-order valence-electron chi connectivity index (χ3n) is 2.50. The molecular formula is C8H13F3OS. The fourth-order valence-corrected chi connectivity index (χ4v) is 2.83. The van der Waals surface area contributed by atoms with E-state index in [9.17, 15) is 18.3 Å². The number of rotatable bonds is 2. The SMILES string of the molecule is CC1SCCC1(O)CCC(F)(F)F. The Morgan fingerprint density at radius 1 is 1.54 bits per heavy atom. The molecule has 0 bridgehead atoms. The van der Waals surface area contributed by atoms with E-state index in [1.807, 2.05) is 0 Å². The zero-order chi connectivity index (χ0) is 10.1. The second-order valence-electron chi connectivity index (χ2n) is 3.48. The largest absolute Gasteiger partial charge is 0.389 e. The molecular weight excluding hydrogens is 201 g/mol. The second-order valence-corrected chi connectivity index (χ2v) is 4.93. The Labute approximate surface area is 79.7 Å². The van der Waals surface area contributed by atoms with Crippen LogP contribution in [0.4, 0.5) is 13.2 Å². The van der Waals surface area contributed by atoms with Crippen molar-refractivity contribution >= 4 is 11.8 Å². The molecule has 0 aromatic carbocycles. The van der Waals surface area contributed by atoms with Crippen molar-refractivity contribution in [3.05, 3.63) is 0 Å². The monoisotopic (exact) mass is 214 g/mol. The minimum Gasteiger partial charge on any atom is -0.389 e. The van der Waals surface area contributed by atoms with Crippen molar-refractivity contribution in [3.63, 3.8) is 0 Å². The van der Waals surface area contributed by atoms with Crippen LogP contribution in [0.5, 0.6) is 0 Å². The second kappa shape index (κ2) is 3.69. The van der Waals surface area contributed by atoms with Gasteiger partial charge in [-0.2, -0.15) is 24.9 Å². The molecule has 1 aliphatic rings. The smallest absolute Gasteiger partial charge is 0.389 e. The topological polar surface area (TPSA) is 20.2 Å². The van der Waals surface area contributed by atoms with Gasteiger partial charge < -0.3 is 5.11 Å². The molecule has 2 unspecified atom stereocenters. The number of hydrogen-bond acceptors (Lipinski definition) is 2. The predicted octanol–water partition coefficient (Wildman–Crippen LogP) is 2.59. The number of hydrogen-bond donors (Lipinski definition) is 1. The van der Waals surface area contributed by atoms with Crippen LogP contribution < -0.4 is 0 Å². The van der Waals surface area contributed by atoms with Crippen LogP contribution in [0.25, 0.3) is 0 Å². The first-order chi connectivity index (χ1) is 5.83. The van der Waals surface area contributed by atoms with Crippen molar-refractivity contribution in [3.8, 4) is 0 Å². The van der Waals surface area contributed by atoms with Crippen molar-refractivity contribution in [2.75, 3.05) is 5.75 Å². The summed E-state index contributed by atoms with van der Waals surface area (Å²) in [6, 6.07) is 0. The van der Waals surface area contributed by atoms with Crippen LogP contribution in [-0.2, 0) is 0 Å². The summed E-state index contributed by atoms with van der Waals surface area (Å²) < 4.78 is 35.7. The van der Waals surface area contributed by atoms with Gasteiger partial charge in [0.25, 0.3) is 0 Å². The van der Waals surface area contributed by atoms with Crippen molar-refractivity contribution < 1.29 is 18.3 Å². The molecule has 5 heteroatoms. The van der Waals surface area contributed by atoms with Gasteiger partial charge in [0.15, 0.2) is 0 Å². The molecule has 0 amide bonds. The zero-order valence-corrected chi connectivity index (χ0v) is 8.21. The maximum Gasteiger partial charge on any atom is 0.389 e. The van der Waals surface area contributed by atoms with Gasteiger partial charge in [-0.3, -0.25) is 0 Å². The zero-order valence-electron chi connectivity index (χ0n) is 7.40. The Balaban J connectivity index is 2.43. The third-order valence-corrected chi connectivity index (χ3v) is 3.88. The number of halogens is 3. The summed E-state index contributed by atoms with van der Waals surface area (Å²) >= 11 is 1.54. The van der Waals surface area contributed by atoms with Gasteiger partial charge in [-0.1, -0.05) is 6.92 Å². The third kappa shape index (κ3) is 3.06. The van der Waals surface area contributed by atoms with Crippen LogP contribution >= 0.6 is 11.8 Å². The standard InChI is InChI=1S/C8H13F3OS/c1-6-7(12,4-5-13-6)2-3-8(9,10)11/h6,12H,2-5H2,1H3. The van der Waals surface area contributed by atoms with E-state index in [0.717, 1.165) is 5.75 Å². The molecule has 1 nitrogen and oxygen atoms in total. The highest BCUT2D eigenvalue weighted by Gasteiger charge is 2.41. The first-order valence-electron chi connectivity index (χ1n) is 4.24. The molecule has 0 radical (unpaired) electrons. The fraction of sp³-hybridized carbons (Fsp3) is 1.00. The average molecular weight is 214 g/mol. The summed E-state index contributed by atoms with van der Waals surface area (Å²) in [7, 11) is 0. The minimum atomic E-state index is -4.15. The summed E-state index contributed by atoms with van der Waals surface area (Å²) in [5.74, 6) is 0.759. The average Bonchev–Trinajstić information content (AvgIpc) is 2.29. The summed E-state index contributed by atoms with van der Waals surface area (Å²) in [6.07, 6.45) is -4.71. The highest BCUT2D eigenvalue weighted by molar-refractivity contribution is 8.00. The summed E-state index contributed by atoms with van der Waals surface area (Å²) in [5, 5.41) is 9.73. The van der Waals surface area contributed by atoms with Crippen LogP contribution in [0, 0.1) is 0 Å². The van der Waals surface area contributed by atoms with Gasteiger partial charge in [0.2, 0.25) is 0 Å². The molecule has 2 atom stereocenters. The van der Waals surface area contributed by atoms with Crippen molar-refractivity contribution in [1.82, 2.24) is 0 Å². The van der Waals surface area contributed by atoms with Crippen molar-refractivity contribution in [2.24, 2.45) is 0 Å². The van der Waals surface area contributed by atoms with Gasteiger partial charge in [-0.25, -0.2) is 0 Å². The molecule has 78 valence electrons. The van der Waals surface area contributed by atoms with Gasteiger partial charge in [0, 0.05) is 11.7 Å². The van der Waals surface area contributed by atoms with E-state index in [1.165, 1.54) is 11.8 Å². The first kappa shape index (κ1) is 11.2. The molecule has 0 spiro atoms. The Hall–Kier alpha value is 0.100. The molecule has 1 saturated heterocycles. The van der Waals surface area contributed by atoms with Gasteiger partial charge in [0.1, 0.15) is 0 Å². The lowest BCUT2D eigenvalue weighted by molar-refractivity contribution is -0.146. The molecule has 1 fully saturated rings. The molecule has 0 saturated carbocycles. The Morgan fingerprint density at radius 2 is 2.15 bits per heavy atom. The highest BCUT2D eigenvalue weighted by Crippen LogP contribution is 2.40. The van der Waals surface area contributed by atoms with E-state index >= 15 is 0 Å². The maximum atomic E-state index is 11.9. The van der Waals surface area contributed by atoms with E-state index < -0.39 is 18.2 Å². The predicted molar refractivity (Wildman–Crippen MR) is 46.8 cm³/mol. The molecule has 0 aromatic rings. The van der Waals surface area contributed by atoms with Crippen molar-refractivity contribution in [2.45, 2.75) is 43.2 Å². The highest BCUT2D eigenvalue weighted by atomic mass is 32.2. The fourth-order valence-electron chi connectivity index (χ4n) is 1.46. The molecule has 1 N–H and O–H groups in total. The lowest BCUT2D eigenvalue weighted by atomic mass is 9.92. The maximum absolute atomic E-state index is 11.9. The lowest BCUT2D eigenvalue weighted by Gasteiger charge is -2.27. The van der Waals surface area contributed by atoms with E-state index in [-0.39, 0.29) is 11.7 Å². The van der Waals surface area contributed by atoms with Crippen LogP contribution in [0.15, 0.2) is 0 Å². The molecule has 0 aromatic heterocycles. The summed E-state index contributed by atoms with van der Waals surface area (Å²) in [4.78, 5) is 0. The summed E-state index contributed by atoms with van der Waals surface area (Å²) in [6.45, 7) is 1.79. The van der Waals surface area contributed by atoms with Crippen LogP contribution in [0.1, 0.15) is 26.2 Å². The van der Waals surface area contributed by atoms with E-state index in [1.54, 1.807) is 6.92 Å². The number of alkyl halides is 3. The van der Waals surface area contributed by atoms with Gasteiger partial charge in [0.05, 0.1) is 5.60 Å². The molecule has 1 rings (SSSR count). The molecule has 0 aliphatic carbocycles. The van der Waals surface area contributed by atoms with Crippen LogP contribution in [0.2, 0.25) is 0 Å². The van der Waals surface area contributed by atoms with E-state index in [0.29, 0.717) is 6.42 Å². The molecule has 13 heavy (non-hydrogen) atoms. The molecule has 1 heterocycles. The lowest BCUT2D eigenvalue weighted by Crippen LogP contribution is -2.35. The van der Waals surface area contributed by atoms with E-state index in [4.69, 9.17) is 0 Å². The number of thioether (sulfide) groups is 1. The molecule has 1 aliphatic heterocycles.